The van der Waals surface area contributed by atoms with Crippen molar-refractivity contribution < 1.29 is 17.7 Å². The minimum atomic E-state index is -3.64. The lowest BCUT2D eigenvalue weighted by molar-refractivity contribution is 0.0658. The maximum atomic E-state index is 12.9. The summed E-state index contributed by atoms with van der Waals surface area (Å²) in [4.78, 5) is 14.4. The molecule has 0 bridgehead atoms. The third-order valence-corrected chi connectivity index (χ3v) is 7.31. The zero-order chi connectivity index (χ0) is 20.9. The van der Waals surface area contributed by atoms with Crippen LogP contribution in [0.5, 0.6) is 0 Å². The standard InChI is InChI=1S/C20H17N5O4S/c1-24-12-21-22-20(24)30(27,28)15-10-25(11-15)19(26)14-7-8-17-16(9-14)18(29-23-17)13-5-3-2-4-6-13/h2-9,12,15H,10-11H2,1H3. The molecule has 1 saturated heterocycles. The molecule has 0 aliphatic carbocycles. The van der Waals surface area contributed by atoms with E-state index in [2.05, 4.69) is 15.4 Å². The van der Waals surface area contributed by atoms with Gasteiger partial charge in [0.25, 0.3) is 5.91 Å². The summed E-state index contributed by atoms with van der Waals surface area (Å²) in [6, 6.07) is 14.7. The molecule has 1 aliphatic heterocycles. The maximum absolute atomic E-state index is 12.9. The normalized spacial score (nSPS) is 14.8. The van der Waals surface area contributed by atoms with E-state index in [1.54, 1.807) is 25.2 Å². The predicted octanol–water partition coefficient (Wildman–Crippen LogP) is 1.92. The Bertz CT molecular complexity index is 1350. The van der Waals surface area contributed by atoms with Gasteiger partial charge in [0, 0.05) is 31.3 Å². The van der Waals surface area contributed by atoms with Gasteiger partial charge in [0.1, 0.15) is 17.1 Å². The third-order valence-electron chi connectivity index (χ3n) is 5.26. The average Bonchev–Trinajstić information content (AvgIpc) is 3.33. The molecule has 1 amide bonds. The molecule has 0 spiro atoms. The van der Waals surface area contributed by atoms with E-state index in [1.165, 1.54) is 15.8 Å². The van der Waals surface area contributed by atoms with E-state index in [0.29, 0.717) is 16.8 Å². The number of hydrogen-bond donors (Lipinski definition) is 0. The summed E-state index contributed by atoms with van der Waals surface area (Å²) < 4.78 is 32.2. The molecule has 3 heterocycles. The van der Waals surface area contributed by atoms with E-state index in [-0.39, 0.29) is 24.2 Å². The van der Waals surface area contributed by atoms with Gasteiger partial charge in [-0.25, -0.2) is 8.42 Å². The van der Waals surface area contributed by atoms with Gasteiger partial charge in [-0.15, -0.1) is 10.2 Å². The second-order valence-electron chi connectivity index (χ2n) is 7.21. The molecular formula is C20H17N5O4S. The molecule has 0 N–H and O–H groups in total. The van der Waals surface area contributed by atoms with Crippen LogP contribution in [0.3, 0.4) is 0 Å². The molecule has 10 heteroatoms. The van der Waals surface area contributed by atoms with Crippen molar-refractivity contribution in [1.82, 2.24) is 24.8 Å². The molecule has 0 unspecified atom stereocenters. The zero-order valence-corrected chi connectivity index (χ0v) is 16.8. The smallest absolute Gasteiger partial charge is 0.253 e. The maximum Gasteiger partial charge on any atom is 0.253 e. The van der Waals surface area contributed by atoms with Crippen molar-refractivity contribution in [2.45, 2.75) is 10.4 Å². The van der Waals surface area contributed by atoms with Gasteiger partial charge in [0.2, 0.25) is 15.0 Å². The molecule has 1 fully saturated rings. The van der Waals surface area contributed by atoms with Crippen molar-refractivity contribution in [2.24, 2.45) is 7.05 Å². The Labute approximate surface area is 171 Å². The number of sulfone groups is 1. The van der Waals surface area contributed by atoms with Gasteiger partial charge in [-0.05, 0) is 18.2 Å². The number of carbonyl (C=O) groups excluding carboxylic acids is 1. The van der Waals surface area contributed by atoms with Crippen LogP contribution >= 0.6 is 0 Å². The number of carbonyl (C=O) groups is 1. The van der Waals surface area contributed by atoms with E-state index in [1.807, 2.05) is 30.3 Å². The van der Waals surface area contributed by atoms with Crippen LogP contribution in [0.1, 0.15) is 10.4 Å². The Morgan fingerprint density at radius 3 is 2.60 bits per heavy atom. The number of amides is 1. The minimum absolute atomic E-state index is 0.0852. The van der Waals surface area contributed by atoms with Crippen molar-refractivity contribution >= 4 is 26.6 Å². The van der Waals surface area contributed by atoms with E-state index in [0.717, 1.165) is 10.9 Å². The van der Waals surface area contributed by atoms with E-state index < -0.39 is 15.1 Å². The monoisotopic (exact) mass is 423 g/mol. The average molecular weight is 423 g/mol. The molecule has 152 valence electrons. The Balaban J connectivity index is 1.38. The lowest BCUT2D eigenvalue weighted by atomic mass is 10.0. The number of benzene rings is 2. The summed E-state index contributed by atoms with van der Waals surface area (Å²) >= 11 is 0. The Hall–Kier alpha value is -3.53. The van der Waals surface area contributed by atoms with Crippen LogP contribution in [0.2, 0.25) is 0 Å². The molecule has 9 nitrogen and oxygen atoms in total. The Morgan fingerprint density at radius 1 is 1.13 bits per heavy atom. The molecule has 30 heavy (non-hydrogen) atoms. The summed E-state index contributed by atoms with van der Waals surface area (Å²) in [5.41, 5.74) is 1.97. The van der Waals surface area contributed by atoms with Gasteiger partial charge in [0.15, 0.2) is 5.76 Å². The topological polar surface area (TPSA) is 111 Å². The van der Waals surface area contributed by atoms with Crippen LogP contribution in [0.4, 0.5) is 0 Å². The highest BCUT2D eigenvalue weighted by Gasteiger charge is 2.42. The van der Waals surface area contributed by atoms with Gasteiger partial charge >= 0.3 is 0 Å². The number of aromatic nitrogens is 4. The van der Waals surface area contributed by atoms with Crippen LogP contribution in [0, 0.1) is 0 Å². The van der Waals surface area contributed by atoms with E-state index >= 15 is 0 Å². The first kappa shape index (κ1) is 18.5. The van der Waals surface area contributed by atoms with Crippen LogP contribution < -0.4 is 0 Å². The largest absolute Gasteiger partial charge is 0.355 e. The number of fused-ring (bicyclic) bond motifs is 1. The second kappa shape index (κ2) is 6.77. The minimum Gasteiger partial charge on any atom is -0.355 e. The van der Waals surface area contributed by atoms with Gasteiger partial charge in [0.05, 0.1) is 5.39 Å². The number of likely N-dealkylation sites (tertiary alicyclic amines) is 1. The number of aryl methyl sites for hydroxylation is 1. The zero-order valence-electron chi connectivity index (χ0n) is 16.0. The van der Waals surface area contributed by atoms with Crippen molar-refractivity contribution in [3.05, 3.63) is 60.4 Å². The first-order chi connectivity index (χ1) is 14.4. The lowest BCUT2D eigenvalue weighted by Crippen LogP contribution is -2.57. The molecule has 4 aromatic rings. The predicted molar refractivity (Wildman–Crippen MR) is 107 cm³/mol. The van der Waals surface area contributed by atoms with Crippen LogP contribution in [0.15, 0.2) is 64.5 Å². The summed E-state index contributed by atoms with van der Waals surface area (Å²) in [5.74, 6) is 0.355. The van der Waals surface area contributed by atoms with Crippen molar-refractivity contribution in [3.8, 4) is 11.3 Å². The molecule has 0 atom stereocenters. The number of nitrogens with zero attached hydrogens (tertiary/aromatic N) is 5. The first-order valence-electron chi connectivity index (χ1n) is 9.27. The summed E-state index contributed by atoms with van der Waals surface area (Å²) in [5, 5.41) is 11.3. The second-order valence-corrected chi connectivity index (χ2v) is 9.33. The molecule has 0 radical (unpaired) electrons. The van der Waals surface area contributed by atoms with Gasteiger partial charge in [-0.1, -0.05) is 35.5 Å². The van der Waals surface area contributed by atoms with E-state index in [9.17, 15) is 13.2 Å². The first-order valence-corrected chi connectivity index (χ1v) is 10.8. The third kappa shape index (κ3) is 2.88. The molecule has 2 aromatic heterocycles. The number of rotatable bonds is 4. The summed E-state index contributed by atoms with van der Waals surface area (Å²) in [6.07, 6.45) is 1.34. The lowest BCUT2D eigenvalue weighted by Gasteiger charge is -2.38. The summed E-state index contributed by atoms with van der Waals surface area (Å²) in [6.45, 7) is 0.225. The van der Waals surface area contributed by atoms with Crippen LogP contribution in [-0.2, 0) is 16.9 Å². The molecule has 1 aliphatic rings. The highest BCUT2D eigenvalue weighted by molar-refractivity contribution is 7.92. The van der Waals surface area contributed by atoms with Crippen LogP contribution in [-0.4, -0.2) is 57.5 Å². The molecule has 5 rings (SSSR count). The van der Waals surface area contributed by atoms with Crippen molar-refractivity contribution in [3.63, 3.8) is 0 Å². The van der Waals surface area contributed by atoms with E-state index in [4.69, 9.17) is 4.52 Å². The van der Waals surface area contributed by atoms with Crippen molar-refractivity contribution in [1.29, 1.82) is 0 Å². The SMILES string of the molecule is Cn1cnnc1S(=O)(=O)C1CN(C(=O)c2ccc3noc(-c4ccccc4)c3c2)C1. The quantitative estimate of drug-likeness (QED) is 0.493. The molecule has 2 aromatic carbocycles. The van der Waals surface area contributed by atoms with Crippen molar-refractivity contribution in [2.75, 3.05) is 13.1 Å². The van der Waals surface area contributed by atoms with Gasteiger partial charge in [-0.2, -0.15) is 0 Å². The summed E-state index contributed by atoms with van der Waals surface area (Å²) in [7, 11) is -2.06. The Kier molecular flexibility index (Phi) is 4.17. The number of hydrogen-bond acceptors (Lipinski definition) is 7. The molecule has 0 saturated carbocycles. The fourth-order valence-electron chi connectivity index (χ4n) is 3.53. The fraction of sp³-hybridized carbons (Fsp3) is 0.200. The van der Waals surface area contributed by atoms with Gasteiger partial charge in [-0.3, -0.25) is 4.79 Å². The Morgan fingerprint density at radius 2 is 1.90 bits per heavy atom. The fourth-order valence-corrected chi connectivity index (χ4v) is 5.19. The highest BCUT2D eigenvalue weighted by atomic mass is 32.2. The van der Waals surface area contributed by atoms with Gasteiger partial charge < -0.3 is 14.0 Å². The van der Waals surface area contributed by atoms with Crippen LogP contribution in [0.25, 0.3) is 22.2 Å². The highest BCUT2D eigenvalue weighted by Crippen LogP contribution is 2.30. The molecular weight excluding hydrogens is 406 g/mol.